The molecule has 0 N–H and O–H groups in total. The SMILES string of the molecule is C=C(C)C=O.COc1ccc(OCCCCOc2ccc([N+](=O)[O-])cc2[N+](=O)[O-])cc1. The van der Waals surface area contributed by atoms with E-state index in [1.54, 1.807) is 38.3 Å². The second kappa shape index (κ2) is 13.3. The van der Waals surface area contributed by atoms with Crippen LogP contribution in [0.15, 0.2) is 54.6 Å². The Labute approximate surface area is 179 Å². The minimum atomic E-state index is -0.699. The lowest BCUT2D eigenvalue weighted by atomic mass is 10.2. The molecule has 0 bridgehead atoms. The normalized spacial score (nSPS) is 9.61. The van der Waals surface area contributed by atoms with Crippen molar-refractivity contribution < 1.29 is 28.9 Å². The number of non-ortho nitro benzene ring substituents is 1. The van der Waals surface area contributed by atoms with Gasteiger partial charge in [0.15, 0.2) is 5.75 Å². The minimum absolute atomic E-state index is 0.0108. The zero-order chi connectivity index (χ0) is 23.2. The van der Waals surface area contributed by atoms with Crippen molar-refractivity contribution in [3.05, 3.63) is 74.8 Å². The first-order chi connectivity index (χ1) is 14.8. The maximum atomic E-state index is 11.0. The quantitative estimate of drug-likeness (QED) is 0.167. The van der Waals surface area contributed by atoms with E-state index in [-0.39, 0.29) is 18.0 Å². The topological polar surface area (TPSA) is 131 Å². The highest BCUT2D eigenvalue weighted by Gasteiger charge is 2.20. The number of nitro benzene ring substituents is 2. The Balaban J connectivity index is 0.000000861. The molecule has 0 spiro atoms. The summed E-state index contributed by atoms with van der Waals surface area (Å²) >= 11 is 0. The van der Waals surface area contributed by atoms with Crippen LogP contribution in [0.5, 0.6) is 17.2 Å². The number of nitrogens with zero attached hydrogens (tertiary/aromatic N) is 2. The number of nitro groups is 2. The van der Waals surface area contributed by atoms with Gasteiger partial charge in [-0.05, 0) is 55.7 Å². The van der Waals surface area contributed by atoms with E-state index in [4.69, 9.17) is 14.2 Å². The molecule has 0 aliphatic rings. The number of ether oxygens (including phenoxy) is 3. The number of hydrogen-bond acceptors (Lipinski definition) is 8. The predicted octanol–water partition coefficient (Wildman–Crippen LogP) is 4.51. The highest BCUT2D eigenvalue weighted by molar-refractivity contribution is 5.70. The molecule has 0 fully saturated rings. The van der Waals surface area contributed by atoms with Crippen LogP contribution in [-0.4, -0.2) is 36.5 Å². The van der Waals surface area contributed by atoms with E-state index >= 15 is 0 Å². The summed E-state index contributed by atoms with van der Waals surface area (Å²) in [6, 6.07) is 10.5. The Morgan fingerprint density at radius 1 is 0.968 bits per heavy atom. The molecule has 166 valence electrons. The summed E-state index contributed by atoms with van der Waals surface area (Å²) in [5.74, 6) is 1.48. The Morgan fingerprint density at radius 2 is 1.52 bits per heavy atom. The van der Waals surface area contributed by atoms with Gasteiger partial charge >= 0.3 is 5.69 Å². The van der Waals surface area contributed by atoms with Crippen LogP contribution in [0.2, 0.25) is 0 Å². The van der Waals surface area contributed by atoms with Crippen LogP contribution in [0.4, 0.5) is 11.4 Å². The van der Waals surface area contributed by atoms with E-state index < -0.39 is 15.5 Å². The van der Waals surface area contributed by atoms with Gasteiger partial charge in [0.2, 0.25) is 0 Å². The third-order valence-electron chi connectivity index (χ3n) is 3.68. The molecule has 2 aromatic carbocycles. The Bertz CT molecular complexity index is 897. The first-order valence-electron chi connectivity index (χ1n) is 9.21. The predicted molar refractivity (Wildman–Crippen MR) is 114 cm³/mol. The average Bonchev–Trinajstić information content (AvgIpc) is 2.76. The van der Waals surface area contributed by atoms with Crippen molar-refractivity contribution in [2.24, 2.45) is 0 Å². The largest absolute Gasteiger partial charge is 0.497 e. The minimum Gasteiger partial charge on any atom is -0.497 e. The van der Waals surface area contributed by atoms with Crippen molar-refractivity contribution in [2.45, 2.75) is 19.8 Å². The van der Waals surface area contributed by atoms with Gasteiger partial charge in [0.1, 0.15) is 17.8 Å². The first kappa shape index (κ1) is 25.1. The zero-order valence-electron chi connectivity index (χ0n) is 17.3. The molecule has 0 radical (unpaired) electrons. The van der Waals surface area contributed by atoms with Crippen LogP contribution in [0.1, 0.15) is 19.8 Å². The first-order valence-corrected chi connectivity index (χ1v) is 9.21. The molecule has 2 rings (SSSR count). The van der Waals surface area contributed by atoms with Gasteiger partial charge < -0.3 is 14.2 Å². The van der Waals surface area contributed by atoms with E-state index in [2.05, 4.69) is 6.58 Å². The Morgan fingerprint density at radius 3 is 2.00 bits per heavy atom. The molecular formula is C21H24N2O8. The summed E-state index contributed by atoms with van der Waals surface area (Å²) in [7, 11) is 1.59. The summed E-state index contributed by atoms with van der Waals surface area (Å²) in [5.41, 5.74) is -0.198. The Kier molecular flexibility index (Phi) is 10.8. The van der Waals surface area contributed by atoms with Crippen LogP contribution >= 0.6 is 0 Å². The number of unbranched alkanes of at least 4 members (excludes halogenated alkanes) is 1. The van der Waals surface area contributed by atoms with Gasteiger partial charge in [-0.15, -0.1) is 0 Å². The number of carbonyl (C=O) groups is 1. The molecule has 0 saturated carbocycles. The molecule has 0 aromatic heterocycles. The molecule has 31 heavy (non-hydrogen) atoms. The fraction of sp³-hybridized carbons (Fsp3) is 0.286. The molecule has 0 saturated heterocycles. The Hall–Kier alpha value is -3.95. The monoisotopic (exact) mass is 432 g/mol. The van der Waals surface area contributed by atoms with E-state index in [0.29, 0.717) is 25.0 Å². The number of allylic oxidation sites excluding steroid dienone is 1. The van der Waals surface area contributed by atoms with E-state index in [1.807, 2.05) is 0 Å². The lowest BCUT2D eigenvalue weighted by Gasteiger charge is -2.08. The fourth-order valence-electron chi connectivity index (χ4n) is 2.13. The maximum Gasteiger partial charge on any atom is 0.317 e. The second-order valence-electron chi connectivity index (χ2n) is 6.21. The molecule has 0 amide bonds. The molecule has 0 aliphatic carbocycles. The van der Waals surface area contributed by atoms with E-state index in [1.165, 1.54) is 12.1 Å². The molecule has 0 atom stereocenters. The summed E-state index contributed by atoms with van der Waals surface area (Å²) in [4.78, 5) is 29.7. The lowest BCUT2D eigenvalue weighted by molar-refractivity contribution is -0.394. The molecule has 10 nitrogen and oxygen atoms in total. The third-order valence-corrected chi connectivity index (χ3v) is 3.68. The van der Waals surface area contributed by atoms with E-state index in [0.717, 1.165) is 23.9 Å². The number of hydrogen-bond donors (Lipinski definition) is 0. The number of methoxy groups -OCH3 is 1. The fourth-order valence-corrected chi connectivity index (χ4v) is 2.13. The molecule has 0 heterocycles. The lowest BCUT2D eigenvalue weighted by Crippen LogP contribution is -2.04. The van der Waals surface area contributed by atoms with Gasteiger partial charge in [0, 0.05) is 6.07 Å². The van der Waals surface area contributed by atoms with Gasteiger partial charge in [0.25, 0.3) is 5.69 Å². The molecule has 0 unspecified atom stereocenters. The van der Waals surface area contributed by atoms with Crippen LogP contribution in [-0.2, 0) is 4.79 Å². The summed E-state index contributed by atoms with van der Waals surface area (Å²) < 4.78 is 16.0. The van der Waals surface area contributed by atoms with Crippen molar-refractivity contribution in [1.82, 2.24) is 0 Å². The molecule has 10 heteroatoms. The maximum absolute atomic E-state index is 11.0. The summed E-state index contributed by atoms with van der Waals surface area (Å²) in [6.45, 7) is 5.68. The number of aldehydes is 1. The number of rotatable bonds is 11. The molecular weight excluding hydrogens is 408 g/mol. The van der Waals surface area contributed by atoms with E-state index in [9.17, 15) is 25.0 Å². The number of benzene rings is 2. The smallest absolute Gasteiger partial charge is 0.317 e. The van der Waals surface area contributed by atoms with Crippen molar-refractivity contribution in [3.8, 4) is 17.2 Å². The van der Waals surface area contributed by atoms with Crippen LogP contribution in [0.3, 0.4) is 0 Å². The van der Waals surface area contributed by atoms with Crippen molar-refractivity contribution in [1.29, 1.82) is 0 Å². The van der Waals surface area contributed by atoms with Gasteiger partial charge in [-0.25, -0.2) is 0 Å². The van der Waals surface area contributed by atoms with Gasteiger partial charge in [0.05, 0.1) is 36.2 Å². The van der Waals surface area contributed by atoms with Crippen LogP contribution in [0.25, 0.3) is 0 Å². The zero-order valence-corrected chi connectivity index (χ0v) is 17.3. The second-order valence-corrected chi connectivity index (χ2v) is 6.21. The van der Waals surface area contributed by atoms with Gasteiger partial charge in [-0.2, -0.15) is 0 Å². The number of carbonyl (C=O) groups excluding carboxylic acids is 1. The van der Waals surface area contributed by atoms with Crippen molar-refractivity contribution in [3.63, 3.8) is 0 Å². The summed E-state index contributed by atoms with van der Waals surface area (Å²) in [5, 5.41) is 21.7. The highest BCUT2D eigenvalue weighted by Crippen LogP contribution is 2.31. The van der Waals surface area contributed by atoms with Gasteiger partial charge in [-0.1, -0.05) is 6.58 Å². The molecule has 0 aliphatic heterocycles. The van der Waals surface area contributed by atoms with Gasteiger partial charge in [-0.3, -0.25) is 25.0 Å². The standard InChI is InChI=1S/C17H18N2O7.C4H6O/c1-24-14-5-7-15(8-6-14)25-10-2-3-11-26-17-9-4-13(18(20)21)12-16(17)19(22)23;1-4(2)3-5/h4-9,12H,2-3,10-11H2,1H3;3H,1H2,2H3. The highest BCUT2D eigenvalue weighted by atomic mass is 16.6. The van der Waals surface area contributed by atoms with Crippen molar-refractivity contribution in [2.75, 3.05) is 20.3 Å². The van der Waals surface area contributed by atoms with Crippen LogP contribution in [0, 0.1) is 20.2 Å². The average molecular weight is 432 g/mol. The third kappa shape index (κ3) is 9.39. The van der Waals surface area contributed by atoms with Crippen LogP contribution < -0.4 is 14.2 Å². The van der Waals surface area contributed by atoms with Crippen molar-refractivity contribution >= 4 is 17.7 Å². The summed E-state index contributed by atoms with van der Waals surface area (Å²) in [6.07, 6.45) is 2.02. The molecule has 2 aromatic rings.